The van der Waals surface area contributed by atoms with E-state index < -0.39 is 34.6 Å². The summed E-state index contributed by atoms with van der Waals surface area (Å²) in [4.78, 5) is 28.0. The Balaban J connectivity index is 1.68. The summed E-state index contributed by atoms with van der Waals surface area (Å²) in [5, 5.41) is 4.06. The Kier molecular flexibility index (Phi) is 5.68. The largest absolute Gasteiger partial charge is 0.418 e. The number of benzene rings is 2. The van der Waals surface area contributed by atoms with Crippen LogP contribution in [-0.4, -0.2) is 22.2 Å². The number of alkyl halides is 3. The van der Waals surface area contributed by atoms with Crippen molar-refractivity contribution in [3.63, 3.8) is 0 Å². The Labute approximate surface area is 161 Å². The average Bonchev–Trinajstić information content (AvgIpc) is 2.95. The van der Waals surface area contributed by atoms with Crippen LogP contribution in [0.1, 0.15) is 12.0 Å². The van der Waals surface area contributed by atoms with Crippen LogP contribution in [0.2, 0.25) is 0 Å². The number of thioether (sulfide) groups is 1. The number of carbonyl (C=O) groups excluding carboxylic acids is 2. The maximum absolute atomic E-state index is 13.0. The predicted octanol–water partition coefficient (Wildman–Crippen LogP) is 4.09. The number of carbonyl (C=O) groups is 2. The fourth-order valence-corrected chi connectivity index (χ4v) is 3.41. The fourth-order valence-electron chi connectivity index (χ4n) is 2.43. The topological polar surface area (TPSA) is 70.6 Å². The molecule has 2 N–H and O–H groups in total. The molecule has 0 spiro atoms. The highest BCUT2D eigenvalue weighted by Gasteiger charge is 2.35. The first-order chi connectivity index (χ1) is 13.2. The van der Waals surface area contributed by atoms with Crippen LogP contribution in [0.3, 0.4) is 0 Å². The van der Waals surface area contributed by atoms with Gasteiger partial charge in [-0.25, -0.2) is 9.38 Å². The quantitative estimate of drug-likeness (QED) is 0.745. The van der Waals surface area contributed by atoms with Crippen LogP contribution in [0.4, 0.5) is 28.9 Å². The molecule has 5 nitrogen and oxygen atoms in total. The Bertz CT molecular complexity index is 929. The molecule has 10 heteroatoms. The number of hydrogen-bond donors (Lipinski definition) is 2. The molecule has 1 saturated heterocycles. The van der Waals surface area contributed by atoms with Gasteiger partial charge in [0.05, 0.1) is 11.3 Å². The SMILES string of the molecule is O=C(C[C@@H]1SC(=Nc2ccccc2C(F)(F)F)NC1=O)Nc1ccc(F)cc1. The lowest BCUT2D eigenvalue weighted by atomic mass is 10.2. The number of anilines is 1. The highest BCUT2D eigenvalue weighted by atomic mass is 32.2. The zero-order valence-electron chi connectivity index (χ0n) is 14.1. The second-order valence-electron chi connectivity index (χ2n) is 5.79. The number of nitrogens with one attached hydrogen (secondary N) is 2. The summed E-state index contributed by atoms with van der Waals surface area (Å²) in [5.41, 5.74) is -0.883. The van der Waals surface area contributed by atoms with Crippen molar-refractivity contribution >= 4 is 40.1 Å². The number of para-hydroxylation sites is 1. The van der Waals surface area contributed by atoms with Crippen LogP contribution in [0.25, 0.3) is 0 Å². The third-order valence-electron chi connectivity index (χ3n) is 3.71. The second-order valence-corrected chi connectivity index (χ2v) is 6.98. The van der Waals surface area contributed by atoms with Crippen molar-refractivity contribution in [3.8, 4) is 0 Å². The van der Waals surface area contributed by atoms with E-state index in [1.54, 1.807) is 0 Å². The molecule has 2 aromatic carbocycles. The van der Waals surface area contributed by atoms with Crippen molar-refractivity contribution in [1.29, 1.82) is 0 Å². The number of halogens is 4. The lowest BCUT2D eigenvalue weighted by molar-refractivity contribution is -0.137. The first-order valence-electron chi connectivity index (χ1n) is 8.00. The van der Waals surface area contributed by atoms with E-state index >= 15 is 0 Å². The van der Waals surface area contributed by atoms with Crippen LogP contribution >= 0.6 is 11.8 Å². The first kappa shape index (κ1) is 19.9. The average molecular weight is 411 g/mol. The van der Waals surface area contributed by atoms with Crippen molar-refractivity contribution in [2.45, 2.75) is 17.8 Å². The second kappa shape index (κ2) is 8.01. The number of aliphatic imine (C=N–C) groups is 1. The van der Waals surface area contributed by atoms with Crippen molar-refractivity contribution in [2.75, 3.05) is 5.32 Å². The van der Waals surface area contributed by atoms with E-state index in [0.29, 0.717) is 5.69 Å². The Morgan fingerprint density at radius 1 is 1.14 bits per heavy atom. The molecule has 1 fully saturated rings. The number of nitrogens with zero attached hydrogens (tertiary/aromatic N) is 1. The highest BCUT2D eigenvalue weighted by molar-refractivity contribution is 8.15. The molecule has 3 rings (SSSR count). The molecule has 0 saturated carbocycles. The minimum atomic E-state index is -4.58. The molecule has 0 aliphatic carbocycles. The number of hydrogen-bond acceptors (Lipinski definition) is 4. The maximum atomic E-state index is 13.0. The van der Waals surface area contributed by atoms with Crippen molar-refractivity contribution in [3.05, 3.63) is 59.9 Å². The predicted molar refractivity (Wildman–Crippen MR) is 97.7 cm³/mol. The van der Waals surface area contributed by atoms with Gasteiger partial charge in [0.2, 0.25) is 11.8 Å². The summed E-state index contributed by atoms with van der Waals surface area (Å²) in [6.45, 7) is 0. The van der Waals surface area contributed by atoms with Crippen molar-refractivity contribution in [2.24, 2.45) is 4.99 Å². The van der Waals surface area contributed by atoms with Gasteiger partial charge in [0.25, 0.3) is 0 Å². The Hall–Kier alpha value is -2.88. The number of amides is 2. The Morgan fingerprint density at radius 2 is 1.82 bits per heavy atom. The maximum Gasteiger partial charge on any atom is 0.418 e. The van der Waals surface area contributed by atoms with Gasteiger partial charge in [0, 0.05) is 12.1 Å². The molecular formula is C18H13F4N3O2S. The van der Waals surface area contributed by atoms with E-state index in [4.69, 9.17) is 0 Å². The van der Waals surface area contributed by atoms with Crippen molar-refractivity contribution in [1.82, 2.24) is 5.32 Å². The van der Waals surface area contributed by atoms with Gasteiger partial charge < -0.3 is 10.6 Å². The molecule has 0 unspecified atom stereocenters. The summed E-state index contributed by atoms with van der Waals surface area (Å²) in [6, 6.07) is 9.84. The smallest absolute Gasteiger partial charge is 0.326 e. The fraction of sp³-hybridized carbons (Fsp3) is 0.167. The number of amidine groups is 1. The molecular weight excluding hydrogens is 398 g/mol. The summed E-state index contributed by atoms with van der Waals surface area (Å²) in [5.74, 6) is -1.47. The minimum Gasteiger partial charge on any atom is -0.326 e. The van der Waals surface area contributed by atoms with Crippen LogP contribution in [0, 0.1) is 5.82 Å². The minimum absolute atomic E-state index is 0.0127. The summed E-state index contributed by atoms with van der Waals surface area (Å²) in [6.07, 6.45) is -4.80. The van der Waals surface area contributed by atoms with Gasteiger partial charge in [-0.1, -0.05) is 23.9 Å². The van der Waals surface area contributed by atoms with E-state index in [0.717, 1.165) is 17.8 Å². The summed E-state index contributed by atoms with van der Waals surface area (Å²) < 4.78 is 52.0. The van der Waals surface area contributed by atoms with Crippen LogP contribution in [-0.2, 0) is 15.8 Å². The van der Waals surface area contributed by atoms with E-state index in [1.165, 1.54) is 42.5 Å². The normalized spacial score (nSPS) is 18.2. The zero-order chi connectivity index (χ0) is 20.3. The third kappa shape index (κ3) is 4.89. The van der Waals surface area contributed by atoms with E-state index in [1.807, 2.05) is 0 Å². The monoisotopic (exact) mass is 411 g/mol. The van der Waals surface area contributed by atoms with E-state index in [-0.39, 0.29) is 17.3 Å². The molecule has 2 aromatic rings. The number of rotatable bonds is 4. The molecule has 0 radical (unpaired) electrons. The highest BCUT2D eigenvalue weighted by Crippen LogP contribution is 2.37. The standard InChI is InChI=1S/C18H13F4N3O2S/c19-10-5-7-11(8-6-10)23-15(26)9-14-16(27)25-17(28-14)24-13-4-2-1-3-12(13)18(20,21)22/h1-8,14H,9H2,(H,23,26)(H,24,25,27)/t14-/m0/s1. The molecule has 1 heterocycles. The summed E-state index contributed by atoms with van der Waals surface area (Å²) in [7, 11) is 0. The van der Waals surface area contributed by atoms with E-state index in [2.05, 4.69) is 15.6 Å². The first-order valence-corrected chi connectivity index (χ1v) is 8.88. The molecule has 0 aromatic heterocycles. The van der Waals surface area contributed by atoms with Gasteiger partial charge in [-0.05, 0) is 36.4 Å². The third-order valence-corrected chi connectivity index (χ3v) is 4.79. The lowest BCUT2D eigenvalue weighted by Gasteiger charge is -2.09. The zero-order valence-corrected chi connectivity index (χ0v) is 14.9. The van der Waals surface area contributed by atoms with Crippen LogP contribution < -0.4 is 10.6 Å². The molecule has 1 aliphatic heterocycles. The van der Waals surface area contributed by atoms with Gasteiger partial charge in [-0.2, -0.15) is 13.2 Å². The van der Waals surface area contributed by atoms with Gasteiger partial charge >= 0.3 is 6.18 Å². The van der Waals surface area contributed by atoms with Gasteiger partial charge in [-0.3, -0.25) is 9.59 Å². The Morgan fingerprint density at radius 3 is 2.50 bits per heavy atom. The van der Waals surface area contributed by atoms with E-state index in [9.17, 15) is 27.2 Å². The van der Waals surface area contributed by atoms with Crippen LogP contribution in [0.15, 0.2) is 53.5 Å². The van der Waals surface area contributed by atoms with Gasteiger partial charge in [0.1, 0.15) is 11.1 Å². The molecule has 28 heavy (non-hydrogen) atoms. The molecule has 1 aliphatic rings. The lowest BCUT2D eigenvalue weighted by Crippen LogP contribution is -2.28. The van der Waals surface area contributed by atoms with Gasteiger partial charge in [0.15, 0.2) is 5.17 Å². The van der Waals surface area contributed by atoms with Crippen LogP contribution in [0.5, 0.6) is 0 Å². The summed E-state index contributed by atoms with van der Waals surface area (Å²) >= 11 is 0.875. The van der Waals surface area contributed by atoms with Crippen molar-refractivity contribution < 1.29 is 27.2 Å². The molecule has 2 amide bonds. The molecule has 0 bridgehead atoms. The van der Waals surface area contributed by atoms with Gasteiger partial charge in [-0.15, -0.1) is 0 Å². The molecule has 1 atom stereocenters. The molecule has 146 valence electrons.